The van der Waals surface area contributed by atoms with Crippen molar-refractivity contribution in [2.45, 2.75) is 135 Å². The van der Waals surface area contributed by atoms with Crippen molar-refractivity contribution >= 4 is 17.9 Å². The van der Waals surface area contributed by atoms with E-state index in [1.807, 2.05) is 12.2 Å². The molecule has 0 rings (SSSR count). The Balaban J connectivity index is 4.55. The van der Waals surface area contributed by atoms with Crippen LogP contribution in [-0.2, 0) is 28.6 Å². The first-order valence-corrected chi connectivity index (χ1v) is 19.0. The zero-order valence-corrected chi connectivity index (χ0v) is 32.0. The van der Waals surface area contributed by atoms with Crippen LogP contribution >= 0.6 is 0 Å². The lowest BCUT2D eigenvalue weighted by molar-refractivity contribution is -0.889. The van der Waals surface area contributed by atoms with Crippen LogP contribution in [0.25, 0.3) is 0 Å². The predicted molar refractivity (Wildman–Crippen MR) is 203 cm³/mol. The molecular formula is C42H69NO7. The topological polar surface area (TPSA) is 102 Å². The standard InChI is InChI=1S/C42H69NO7/c1-6-8-10-12-14-16-17-18-19-20-21-22-23-25-26-28-30-32-40(44)49-37-38(36-48-35-34-39(42(46)47)43(3,4)5)50-41(45)33-31-29-27-24-15-13-11-9-7-2/h9,11,15,18-19,21-22,24-26,29,31,38-39H,6-8,10,12-14,16-17,20,23,27-28,30,32-37H2,1-5H3/b11-9+,19-18+,22-21+,24-15+,26-25+,31-29+. The van der Waals surface area contributed by atoms with E-state index in [0.717, 1.165) is 32.1 Å². The molecule has 0 bridgehead atoms. The molecule has 284 valence electrons. The molecule has 0 N–H and O–H groups in total. The SMILES string of the molecule is CC/C=C/C/C=C/C/C=C/CC(=O)OC(COCCC(C(=O)[O-])[N+](C)(C)C)COC(=O)CCC/C=C/C/C=C/C/C=C/CCCCCCCC. The van der Waals surface area contributed by atoms with Gasteiger partial charge in [-0.1, -0.05) is 119 Å². The Morgan fingerprint density at radius 1 is 0.640 bits per heavy atom. The number of nitrogens with zero attached hydrogens (tertiary/aromatic N) is 1. The quantitative estimate of drug-likeness (QED) is 0.0301. The summed E-state index contributed by atoms with van der Waals surface area (Å²) in [6.45, 7) is 4.33. The van der Waals surface area contributed by atoms with Gasteiger partial charge in [0.05, 0.1) is 46.7 Å². The summed E-state index contributed by atoms with van der Waals surface area (Å²) in [4.78, 5) is 36.5. The van der Waals surface area contributed by atoms with Crippen molar-refractivity contribution < 1.29 is 38.2 Å². The van der Waals surface area contributed by atoms with Gasteiger partial charge in [0, 0.05) is 12.8 Å². The van der Waals surface area contributed by atoms with Crippen molar-refractivity contribution in [1.29, 1.82) is 0 Å². The summed E-state index contributed by atoms with van der Waals surface area (Å²) in [5, 5.41) is 11.6. The van der Waals surface area contributed by atoms with Gasteiger partial charge in [-0.25, -0.2) is 0 Å². The number of carboxylic acids is 1. The second kappa shape index (κ2) is 32.9. The van der Waals surface area contributed by atoms with Crippen molar-refractivity contribution in [3.05, 3.63) is 72.9 Å². The Hall–Kier alpha value is -3.23. The number of quaternary nitrogens is 1. The first kappa shape index (κ1) is 46.8. The van der Waals surface area contributed by atoms with E-state index in [1.165, 1.54) is 44.9 Å². The van der Waals surface area contributed by atoms with Gasteiger partial charge in [0.15, 0.2) is 6.10 Å². The molecule has 0 fully saturated rings. The van der Waals surface area contributed by atoms with Crippen LogP contribution in [0.2, 0.25) is 0 Å². The van der Waals surface area contributed by atoms with E-state index in [2.05, 4.69) is 68.5 Å². The summed E-state index contributed by atoms with van der Waals surface area (Å²) < 4.78 is 16.9. The summed E-state index contributed by atoms with van der Waals surface area (Å²) in [6.07, 6.45) is 39.8. The van der Waals surface area contributed by atoms with Gasteiger partial charge in [-0.2, -0.15) is 0 Å². The second-order valence-corrected chi connectivity index (χ2v) is 13.4. The van der Waals surface area contributed by atoms with E-state index in [9.17, 15) is 19.5 Å². The zero-order chi connectivity index (χ0) is 37.1. The Morgan fingerprint density at radius 2 is 1.18 bits per heavy atom. The second-order valence-electron chi connectivity index (χ2n) is 13.4. The van der Waals surface area contributed by atoms with Gasteiger partial charge in [0.1, 0.15) is 12.6 Å². The number of carbonyl (C=O) groups is 3. The summed E-state index contributed by atoms with van der Waals surface area (Å²) in [7, 11) is 5.34. The van der Waals surface area contributed by atoms with Crippen molar-refractivity contribution in [1.82, 2.24) is 0 Å². The van der Waals surface area contributed by atoms with Gasteiger partial charge in [-0.05, 0) is 57.8 Å². The van der Waals surface area contributed by atoms with Crippen LogP contribution in [0, 0.1) is 0 Å². The van der Waals surface area contributed by atoms with Crippen molar-refractivity contribution in [2.75, 3.05) is 41.0 Å². The Bertz CT molecular complexity index is 1050. The molecule has 0 aliphatic rings. The van der Waals surface area contributed by atoms with Crippen molar-refractivity contribution in [3.8, 4) is 0 Å². The summed E-state index contributed by atoms with van der Waals surface area (Å²) in [5.74, 6) is -1.97. The summed E-state index contributed by atoms with van der Waals surface area (Å²) in [6, 6.07) is -0.748. The predicted octanol–water partition coefficient (Wildman–Crippen LogP) is 8.29. The largest absolute Gasteiger partial charge is 0.544 e. The first-order valence-electron chi connectivity index (χ1n) is 19.0. The maximum atomic E-state index is 12.5. The molecule has 0 aromatic rings. The number of ether oxygens (including phenoxy) is 3. The molecule has 0 aliphatic carbocycles. The van der Waals surface area contributed by atoms with Crippen LogP contribution < -0.4 is 5.11 Å². The van der Waals surface area contributed by atoms with Gasteiger partial charge in [0.2, 0.25) is 0 Å². The van der Waals surface area contributed by atoms with E-state index in [-0.39, 0.29) is 49.5 Å². The molecule has 2 atom stereocenters. The van der Waals surface area contributed by atoms with Crippen LogP contribution in [0.15, 0.2) is 72.9 Å². The minimum Gasteiger partial charge on any atom is -0.544 e. The molecule has 0 aromatic carbocycles. The number of hydrogen-bond acceptors (Lipinski definition) is 7. The lowest BCUT2D eigenvalue weighted by Gasteiger charge is -2.34. The number of aliphatic carboxylic acids is 1. The Kier molecular flexibility index (Phi) is 30.8. The molecule has 8 nitrogen and oxygen atoms in total. The van der Waals surface area contributed by atoms with Crippen LogP contribution in [0.4, 0.5) is 0 Å². The van der Waals surface area contributed by atoms with Gasteiger partial charge in [0.25, 0.3) is 0 Å². The van der Waals surface area contributed by atoms with Crippen LogP contribution in [0.1, 0.15) is 123 Å². The van der Waals surface area contributed by atoms with Gasteiger partial charge < -0.3 is 28.6 Å². The Morgan fingerprint density at radius 3 is 1.76 bits per heavy atom. The molecule has 0 saturated carbocycles. The van der Waals surface area contributed by atoms with Crippen LogP contribution in [-0.4, -0.2) is 75.5 Å². The van der Waals surface area contributed by atoms with E-state index in [4.69, 9.17) is 14.2 Å². The van der Waals surface area contributed by atoms with Gasteiger partial charge in [-0.3, -0.25) is 9.59 Å². The first-order chi connectivity index (χ1) is 24.1. The number of allylic oxidation sites excluding steroid dienone is 11. The molecule has 0 aromatic heterocycles. The normalized spacial score (nSPS) is 13.9. The third-order valence-corrected chi connectivity index (χ3v) is 7.86. The van der Waals surface area contributed by atoms with Crippen LogP contribution in [0.3, 0.4) is 0 Å². The highest BCUT2D eigenvalue weighted by atomic mass is 16.6. The Labute approximate surface area is 304 Å². The average molecular weight is 700 g/mol. The smallest absolute Gasteiger partial charge is 0.310 e. The number of carboxylic acid groups (broad SMARTS) is 1. The molecule has 0 aliphatic heterocycles. The highest BCUT2D eigenvalue weighted by molar-refractivity contribution is 5.71. The molecule has 2 unspecified atom stereocenters. The minimum atomic E-state index is -1.15. The maximum absolute atomic E-state index is 12.5. The average Bonchev–Trinajstić information content (AvgIpc) is 3.06. The fourth-order valence-corrected chi connectivity index (χ4v) is 4.91. The third-order valence-electron chi connectivity index (χ3n) is 7.86. The molecular weight excluding hydrogens is 630 g/mol. The highest BCUT2D eigenvalue weighted by Gasteiger charge is 2.25. The lowest BCUT2D eigenvalue weighted by Crippen LogP contribution is -2.55. The van der Waals surface area contributed by atoms with Gasteiger partial charge in [-0.15, -0.1) is 0 Å². The minimum absolute atomic E-state index is 0.0150. The molecule has 0 spiro atoms. The molecule has 0 amide bonds. The zero-order valence-electron chi connectivity index (χ0n) is 32.0. The van der Waals surface area contributed by atoms with E-state index in [1.54, 1.807) is 27.2 Å². The molecule has 50 heavy (non-hydrogen) atoms. The number of unbranched alkanes of at least 4 members (excludes halogenated alkanes) is 7. The fourth-order valence-electron chi connectivity index (χ4n) is 4.91. The molecule has 0 radical (unpaired) electrons. The monoisotopic (exact) mass is 700 g/mol. The van der Waals surface area contributed by atoms with E-state index >= 15 is 0 Å². The molecule has 0 heterocycles. The summed E-state index contributed by atoms with van der Waals surface area (Å²) >= 11 is 0. The molecule has 0 saturated heterocycles. The van der Waals surface area contributed by atoms with E-state index in [0.29, 0.717) is 12.8 Å². The van der Waals surface area contributed by atoms with Crippen LogP contribution in [0.5, 0.6) is 0 Å². The number of rotatable bonds is 32. The van der Waals surface area contributed by atoms with Crippen molar-refractivity contribution in [3.63, 3.8) is 0 Å². The third kappa shape index (κ3) is 30.8. The number of carbonyl (C=O) groups excluding carboxylic acids is 3. The summed E-state index contributed by atoms with van der Waals surface area (Å²) in [5.41, 5.74) is 0. The number of likely N-dealkylation sites (N-methyl/N-ethyl adjacent to an activating group) is 1. The maximum Gasteiger partial charge on any atom is 0.310 e. The number of esters is 2. The highest BCUT2D eigenvalue weighted by Crippen LogP contribution is 2.10. The number of hydrogen-bond donors (Lipinski definition) is 0. The van der Waals surface area contributed by atoms with Crippen molar-refractivity contribution in [2.24, 2.45) is 0 Å². The molecule has 8 heteroatoms. The fraction of sp³-hybridized carbons (Fsp3) is 0.643. The van der Waals surface area contributed by atoms with E-state index < -0.39 is 24.1 Å². The lowest BCUT2D eigenvalue weighted by atomic mass is 10.1. The van der Waals surface area contributed by atoms with Gasteiger partial charge >= 0.3 is 11.9 Å².